The van der Waals surface area contributed by atoms with Gasteiger partial charge in [0.1, 0.15) is 5.82 Å². The van der Waals surface area contributed by atoms with Crippen LogP contribution in [0.3, 0.4) is 0 Å². The van der Waals surface area contributed by atoms with E-state index in [1.54, 1.807) is 24.5 Å². The minimum absolute atomic E-state index is 0.0835. The van der Waals surface area contributed by atoms with Crippen LogP contribution in [-0.2, 0) is 0 Å². The predicted molar refractivity (Wildman–Crippen MR) is 67.4 cm³/mol. The topological polar surface area (TPSA) is 24.9 Å². The molecule has 0 fully saturated rings. The highest BCUT2D eigenvalue weighted by molar-refractivity contribution is 5.45. The molecule has 2 aromatic rings. The summed E-state index contributed by atoms with van der Waals surface area (Å²) in [6, 6.07) is 8.70. The van der Waals surface area contributed by atoms with E-state index in [1.807, 2.05) is 26.0 Å². The van der Waals surface area contributed by atoms with Crippen molar-refractivity contribution in [2.24, 2.45) is 0 Å². The maximum Gasteiger partial charge on any atom is 0.128 e. The highest BCUT2D eigenvalue weighted by atomic mass is 19.1. The standard InChI is InChI=1S/C14H15FN2/c1-10-7-12(9-16-8-10)17-11(2)13-5-3-4-6-14(13)15/h3-9,11,17H,1-2H3. The van der Waals surface area contributed by atoms with E-state index in [1.165, 1.54) is 6.07 Å². The molecule has 0 radical (unpaired) electrons. The average molecular weight is 230 g/mol. The molecule has 0 aliphatic rings. The number of rotatable bonds is 3. The SMILES string of the molecule is Cc1cncc(NC(C)c2ccccc2F)c1. The summed E-state index contributed by atoms with van der Waals surface area (Å²) in [4.78, 5) is 4.10. The van der Waals surface area contributed by atoms with Crippen molar-refractivity contribution in [2.75, 3.05) is 5.32 Å². The van der Waals surface area contributed by atoms with Crippen LogP contribution in [-0.4, -0.2) is 4.98 Å². The largest absolute Gasteiger partial charge is 0.377 e. The van der Waals surface area contributed by atoms with Crippen LogP contribution < -0.4 is 5.32 Å². The molecule has 2 nitrogen and oxygen atoms in total. The number of anilines is 1. The molecule has 1 atom stereocenters. The number of pyridine rings is 1. The van der Waals surface area contributed by atoms with E-state index in [-0.39, 0.29) is 11.9 Å². The van der Waals surface area contributed by atoms with E-state index in [0.717, 1.165) is 11.3 Å². The van der Waals surface area contributed by atoms with Gasteiger partial charge in [0.2, 0.25) is 0 Å². The normalized spacial score (nSPS) is 12.2. The molecule has 1 aromatic carbocycles. The van der Waals surface area contributed by atoms with Gasteiger partial charge >= 0.3 is 0 Å². The Kier molecular flexibility index (Phi) is 3.38. The zero-order valence-electron chi connectivity index (χ0n) is 9.94. The molecule has 17 heavy (non-hydrogen) atoms. The lowest BCUT2D eigenvalue weighted by atomic mass is 10.1. The molecule has 0 aliphatic carbocycles. The monoisotopic (exact) mass is 230 g/mol. The molecule has 0 bridgehead atoms. The third kappa shape index (κ3) is 2.81. The Hall–Kier alpha value is -1.90. The summed E-state index contributed by atoms with van der Waals surface area (Å²) < 4.78 is 13.6. The molecule has 2 rings (SSSR count). The van der Waals surface area contributed by atoms with Crippen molar-refractivity contribution >= 4 is 5.69 Å². The number of hydrogen-bond donors (Lipinski definition) is 1. The summed E-state index contributed by atoms with van der Waals surface area (Å²) in [5.41, 5.74) is 2.64. The minimum Gasteiger partial charge on any atom is -0.377 e. The summed E-state index contributed by atoms with van der Waals surface area (Å²) in [5.74, 6) is -0.187. The quantitative estimate of drug-likeness (QED) is 0.869. The maximum absolute atomic E-state index is 13.6. The van der Waals surface area contributed by atoms with Crippen LogP contribution in [0, 0.1) is 12.7 Å². The van der Waals surface area contributed by atoms with Gasteiger partial charge in [-0.05, 0) is 31.5 Å². The first kappa shape index (κ1) is 11.6. The number of benzene rings is 1. The van der Waals surface area contributed by atoms with Gasteiger partial charge in [0, 0.05) is 18.0 Å². The third-order valence-corrected chi connectivity index (χ3v) is 2.63. The van der Waals surface area contributed by atoms with Gasteiger partial charge in [0.05, 0.1) is 11.7 Å². The fourth-order valence-corrected chi connectivity index (χ4v) is 1.79. The summed E-state index contributed by atoms with van der Waals surface area (Å²) >= 11 is 0. The Morgan fingerprint density at radius 2 is 2.00 bits per heavy atom. The Morgan fingerprint density at radius 1 is 1.24 bits per heavy atom. The molecular formula is C14H15FN2. The van der Waals surface area contributed by atoms with Crippen molar-refractivity contribution in [3.63, 3.8) is 0 Å². The van der Waals surface area contributed by atoms with Crippen molar-refractivity contribution in [1.82, 2.24) is 4.98 Å². The first-order valence-electron chi connectivity index (χ1n) is 5.59. The zero-order chi connectivity index (χ0) is 12.3. The Bertz CT molecular complexity index is 511. The van der Waals surface area contributed by atoms with Crippen LogP contribution in [0.1, 0.15) is 24.1 Å². The van der Waals surface area contributed by atoms with Gasteiger partial charge in [-0.25, -0.2) is 4.39 Å². The lowest BCUT2D eigenvalue weighted by molar-refractivity contribution is 0.600. The highest BCUT2D eigenvalue weighted by Gasteiger charge is 2.09. The van der Waals surface area contributed by atoms with Crippen LogP contribution in [0.4, 0.5) is 10.1 Å². The molecule has 1 unspecified atom stereocenters. The molecule has 1 heterocycles. The van der Waals surface area contributed by atoms with Crippen molar-refractivity contribution in [3.8, 4) is 0 Å². The highest BCUT2D eigenvalue weighted by Crippen LogP contribution is 2.21. The van der Waals surface area contributed by atoms with Crippen molar-refractivity contribution < 1.29 is 4.39 Å². The number of halogens is 1. The minimum atomic E-state index is -0.187. The van der Waals surface area contributed by atoms with E-state index >= 15 is 0 Å². The number of nitrogens with zero attached hydrogens (tertiary/aromatic N) is 1. The molecule has 0 saturated carbocycles. The summed E-state index contributed by atoms with van der Waals surface area (Å²) in [7, 11) is 0. The number of hydrogen-bond acceptors (Lipinski definition) is 2. The summed E-state index contributed by atoms with van der Waals surface area (Å²) in [5, 5.41) is 3.24. The second-order valence-corrected chi connectivity index (χ2v) is 4.14. The molecule has 0 spiro atoms. The Morgan fingerprint density at radius 3 is 2.71 bits per heavy atom. The zero-order valence-corrected chi connectivity index (χ0v) is 9.94. The van der Waals surface area contributed by atoms with Crippen LogP contribution in [0.15, 0.2) is 42.7 Å². The van der Waals surface area contributed by atoms with Gasteiger partial charge in [-0.15, -0.1) is 0 Å². The van der Waals surface area contributed by atoms with Gasteiger partial charge < -0.3 is 5.32 Å². The molecular weight excluding hydrogens is 215 g/mol. The van der Waals surface area contributed by atoms with Crippen molar-refractivity contribution in [2.45, 2.75) is 19.9 Å². The average Bonchev–Trinajstić information content (AvgIpc) is 2.29. The van der Waals surface area contributed by atoms with Crippen LogP contribution in [0.25, 0.3) is 0 Å². The second-order valence-electron chi connectivity index (χ2n) is 4.14. The van der Waals surface area contributed by atoms with Gasteiger partial charge in [0.25, 0.3) is 0 Å². The van der Waals surface area contributed by atoms with Crippen molar-refractivity contribution in [3.05, 3.63) is 59.7 Å². The molecule has 1 aromatic heterocycles. The van der Waals surface area contributed by atoms with Gasteiger partial charge in [-0.2, -0.15) is 0 Å². The smallest absolute Gasteiger partial charge is 0.128 e. The van der Waals surface area contributed by atoms with E-state index in [2.05, 4.69) is 10.3 Å². The lowest BCUT2D eigenvalue weighted by Crippen LogP contribution is -2.08. The number of nitrogens with one attached hydrogen (secondary N) is 1. The van der Waals surface area contributed by atoms with Crippen LogP contribution >= 0.6 is 0 Å². The summed E-state index contributed by atoms with van der Waals surface area (Å²) in [6.45, 7) is 3.91. The molecule has 3 heteroatoms. The van der Waals surface area contributed by atoms with Gasteiger partial charge in [-0.1, -0.05) is 18.2 Å². The van der Waals surface area contributed by atoms with E-state index in [9.17, 15) is 4.39 Å². The Balaban J connectivity index is 2.17. The first-order chi connectivity index (χ1) is 8.16. The van der Waals surface area contributed by atoms with Gasteiger partial charge in [0.15, 0.2) is 0 Å². The number of aryl methyl sites for hydroxylation is 1. The molecule has 0 amide bonds. The molecule has 1 N–H and O–H groups in total. The third-order valence-electron chi connectivity index (χ3n) is 2.63. The second kappa shape index (κ2) is 4.95. The maximum atomic E-state index is 13.6. The van der Waals surface area contributed by atoms with Gasteiger partial charge in [-0.3, -0.25) is 4.98 Å². The van der Waals surface area contributed by atoms with E-state index in [0.29, 0.717) is 5.56 Å². The molecule has 88 valence electrons. The summed E-state index contributed by atoms with van der Waals surface area (Å²) in [6.07, 6.45) is 3.53. The van der Waals surface area contributed by atoms with E-state index < -0.39 is 0 Å². The fraction of sp³-hybridized carbons (Fsp3) is 0.214. The molecule has 0 aliphatic heterocycles. The van der Waals surface area contributed by atoms with Crippen molar-refractivity contribution in [1.29, 1.82) is 0 Å². The predicted octanol–water partition coefficient (Wildman–Crippen LogP) is 3.70. The first-order valence-corrected chi connectivity index (χ1v) is 5.59. The Labute approximate surface area is 101 Å². The lowest BCUT2D eigenvalue weighted by Gasteiger charge is -2.16. The molecule has 0 saturated heterocycles. The number of aromatic nitrogens is 1. The fourth-order valence-electron chi connectivity index (χ4n) is 1.79. The van der Waals surface area contributed by atoms with E-state index in [4.69, 9.17) is 0 Å². The van der Waals surface area contributed by atoms with Crippen LogP contribution in [0.2, 0.25) is 0 Å². The van der Waals surface area contributed by atoms with Crippen LogP contribution in [0.5, 0.6) is 0 Å².